The van der Waals surface area contributed by atoms with Crippen LogP contribution in [0.1, 0.15) is 10.4 Å². The third kappa shape index (κ3) is 2.36. The Morgan fingerprint density at radius 2 is 1.76 bits per heavy atom. The van der Waals surface area contributed by atoms with Crippen molar-refractivity contribution in [3.05, 3.63) is 64.8 Å². The van der Waals surface area contributed by atoms with E-state index in [1.54, 1.807) is 11.9 Å². The second kappa shape index (κ2) is 5.37. The highest BCUT2D eigenvalue weighted by Crippen LogP contribution is 2.28. The molecule has 0 fully saturated rings. The zero-order chi connectivity index (χ0) is 15.0. The van der Waals surface area contributed by atoms with E-state index in [1.807, 2.05) is 66.3 Å². The van der Waals surface area contributed by atoms with Crippen LogP contribution in [0.5, 0.6) is 0 Å². The smallest absolute Gasteiger partial charge is 0.260 e. The molecule has 0 N–H and O–H groups in total. The minimum Gasteiger partial charge on any atom is -0.350 e. The van der Waals surface area contributed by atoms with E-state index >= 15 is 0 Å². The van der Waals surface area contributed by atoms with Gasteiger partial charge in [0.2, 0.25) is 0 Å². The number of halogens is 1. The SMILES string of the molecule is CN(C(=O)c1cn(C)c2ccccc12)c1ccccc1Br. The molecule has 2 aromatic carbocycles. The minimum absolute atomic E-state index is 0.0151. The Balaban J connectivity index is 2.07. The van der Waals surface area contributed by atoms with Crippen LogP contribution in [0, 0.1) is 0 Å². The van der Waals surface area contributed by atoms with E-state index in [-0.39, 0.29) is 5.91 Å². The molecule has 0 saturated carbocycles. The summed E-state index contributed by atoms with van der Waals surface area (Å²) in [6.45, 7) is 0. The Bertz CT molecular complexity index is 823. The second-order valence-electron chi connectivity index (χ2n) is 4.99. The van der Waals surface area contributed by atoms with Crippen LogP contribution >= 0.6 is 15.9 Å². The molecule has 4 heteroatoms. The van der Waals surface area contributed by atoms with E-state index in [0.717, 1.165) is 21.1 Å². The van der Waals surface area contributed by atoms with Gasteiger partial charge in [-0.05, 0) is 34.1 Å². The molecule has 1 amide bonds. The second-order valence-corrected chi connectivity index (χ2v) is 5.84. The zero-order valence-electron chi connectivity index (χ0n) is 11.9. The predicted molar refractivity (Wildman–Crippen MR) is 89.8 cm³/mol. The molecule has 3 nitrogen and oxygen atoms in total. The number of aryl methyl sites for hydroxylation is 1. The number of para-hydroxylation sites is 2. The van der Waals surface area contributed by atoms with Gasteiger partial charge in [-0.3, -0.25) is 4.79 Å². The van der Waals surface area contributed by atoms with Gasteiger partial charge < -0.3 is 9.47 Å². The Morgan fingerprint density at radius 1 is 1.10 bits per heavy atom. The lowest BCUT2D eigenvalue weighted by Crippen LogP contribution is -2.26. The molecule has 3 aromatic rings. The number of anilines is 1. The van der Waals surface area contributed by atoms with Gasteiger partial charge in [0.1, 0.15) is 0 Å². The van der Waals surface area contributed by atoms with E-state index in [9.17, 15) is 4.79 Å². The van der Waals surface area contributed by atoms with Crippen molar-refractivity contribution in [3.63, 3.8) is 0 Å². The van der Waals surface area contributed by atoms with Crippen LogP contribution < -0.4 is 4.90 Å². The number of benzene rings is 2. The Morgan fingerprint density at radius 3 is 2.52 bits per heavy atom. The maximum absolute atomic E-state index is 12.8. The van der Waals surface area contributed by atoms with Crippen LogP contribution in [0.25, 0.3) is 10.9 Å². The first-order valence-corrected chi connectivity index (χ1v) is 7.45. The standard InChI is InChI=1S/C17H15BrN2O/c1-19-11-13(12-7-3-5-9-15(12)19)17(21)20(2)16-10-6-4-8-14(16)18/h3-11H,1-2H3. The van der Waals surface area contributed by atoms with Crippen molar-refractivity contribution in [2.45, 2.75) is 0 Å². The largest absolute Gasteiger partial charge is 0.350 e. The average Bonchev–Trinajstić information content (AvgIpc) is 2.84. The van der Waals surface area contributed by atoms with Crippen molar-refractivity contribution in [1.82, 2.24) is 4.57 Å². The summed E-state index contributed by atoms with van der Waals surface area (Å²) in [5.41, 5.74) is 2.63. The average molecular weight is 343 g/mol. The molecule has 0 aliphatic rings. The topological polar surface area (TPSA) is 25.2 Å². The molecule has 21 heavy (non-hydrogen) atoms. The van der Waals surface area contributed by atoms with E-state index < -0.39 is 0 Å². The van der Waals surface area contributed by atoms with Crippen LogP contribution in [0.15, 0.2) is 59.2 Å². The third-order valence-corrected chi connectivity index (χ3v) is 4.32. The number of hydrogen-bond donors (Lipinski definition) is 0. The van der Waals surface area contributed by atoms with Gasteiger partial charge >= 0.3 is 0 Å². The predicted octanol–water partition coefficient (Wildman–Crippen LogP) is 4.22. The van der Waals surface area contributed by atoms with Gasteiger partial charge in [-0.1, -0.05) is 30.3 Å². The number of fused-ring (bicyclic) bond motifs is 1. The molecule has 1 aromatic heterocycles. The first-order valence-electron chi connectivity index (χ1n) is 6.66. The lowest BCUT2D eigenvalue weighted by molar-refractivity contribution is 0.0994. The van der Waals surface area contributed by atoms with E-state index in [4.69, 9.17) is 0 Å². The summed E-state index contributed by atoms with van der Waals surface area (Å²) < 4.78 is 2.89. The highest BCUT2D eigenvalue weighted by Gasteiger charge is 2.19. The number of amides is 1. The van der Waals surface area contributed by atoms with Crippen LogP contribution in [0.3, 0.4) is 0 Å². The maximum Gasteiger partial charge on any atom is 0.260 e. The van der Waals surface area contributed by atoms with Gasteiger partial charge in [-0.25, -0.2) is 0 Å². The summed E-state index contributed by atoms with van der Waals surface area (Å²) >= 11 is 3.49. The first kappa shape index (κ1) is 13.9. The highest BCUT2D eigenvalue weighted by molar-refractivity contribution is 9.10. The maximum atomic E-state index is 12.8. The van der Waals surface area contributed by atoms with Crippen molar-refractivity contribution in [2.24, 2.45) is 7.05 Å². The number of nitrogens with zero attached hydrogens (tertiary/aromatic N) is 2. The summed E-state index contributed by atoms with van der Waals surface area (Å²) in [4.78, 5) is 14.5. The van der Waals surface area contributed by atoms with Gasteiger partial charge in [0, 0.05) is 35.7 Å². The van der Waals surface area contributed by atoms with Gasteiger partial charge in [-0.15, -0.1) is 0 Å². The van der Waals surface area contributed by atoms with Crippen molar-refractivity contribution in [2.75, 3.05) is 11.9 Å². The Kier molecular flexibility index (Phi) is 3.55. The van der Waals surface area contributed by atoms with Crippen LogP contribution in [-0.2, 0) is 7.05 Å². The zero-order valence-corrected chi connectivity index (χ0v) is 13.5. The molecule has 0 atom stereocenters. The highest BCUT2D eigenvalue weighted by atomic mass is 79.9. The van der Waals surface area contributed by atoms with E-state index in [1.165, 1.54) is 0 Å². The molecule has 1 heterocycles. The molecule has 0 aliphatic heterocycles. The summed E-state index contributed by atoms with van der Waals surface area (Å²) in [5, 5.41) is 0.976. The van der Waals surface area contributed by atoms with Gasteiger partial charge in [0.05, 0.1) is 11.3 Å². The normalized spacial score (nSPS) is 10.8. The summed E-state index contributed by atoms with van der Waals surface area (Å²) in [6.07, 6.45) is 1.89. The Labute approximate surface area is 131 Å². The quantitative estimate of drug-likeness (QED) is 0.684. The molecule has 0 saturated heterocycles. The lowest BCUT2D eigenvalue weighted by atomic mass is 10.1. The van der Waals surface area contributed by atoms with Gasteiger partial charge in [0.15, 0.2) is 0 Å². The summed E-state index contributed by atoms with van der Waals surface area (Å²) in [7, 11) is 3.75. The number of carbonyl (C=O) groups excluding carboxylic acids is 1. The van der Waals surface area contributed by atoms with Gasteiger partial charge in [-0.2, -0.15) is 0 Å². The fourth-order valence-electron chi connectivity index (χ4n) is 2.53. The third-order valence-electron chi connectivity index (χ3n) is 3.65. The molecule has 0 aliphatic carbocycles. The summed E-state index contributed by atoms with van der Waals surface area (Å²) in [6, 6.07) is 15.7. The fourth-order valence-corrected chi connectivity index (χ4v) is 3.08. The number of carbonyl (C=O) groups is 1. The van der Waals surface area contributed by atoms with Gasteiger partial charge in [0.25, 0.3) is 5.91 Å². The minimum atomic E-state index is -0.0151. The molecule has 3 rings (SSSR count). The van der Waals surface area contributed by atoms with Crippen molar-refractivity contribution in [3.8, 4) is 0 Å². The summed E-state index contributed by atoms with van der Waals surface area (Å²) in [5.74, 6) is -0.0151. The molecule has 0 unspecified atom stereocenters. The molecule has 0 radical (unpaired) electrons. The lowest BCUT2D eigenvalue weighted by Gasteiger charge is -2.18. The number of aromatic nitrogens is 1. The molecule has 0 bridgehead atoms. The number of hydrogen-bond acceptors (Lipinski definition) is 1. The Hall–Kier alpha value is -2.07. The van der Waals surface area contributed by atoms with Crippen LogP contribution in [0.4, 0.5) is 5.69 Å². The molecule has 106 valence electrons. The molecular weight excluding hydrogens is 328 g/mol. The van der Waals surface area contributed by atoms with Crippen LogP contribution in [-0.4, -0.2) is 17.5 Å². The number of rotatable bonds is 2. The van der Waals surface area contributed by atoms with Crippen molar-refractivity contribution >= 4 is 38.4 Å². The van der Waals surface area contributed by atoms with E-state index in [0.29, 0.717) is 5.56 Å². The van der Waals surface area contributed by atoms with Crippen molar-refractivity contribution in [1.29, 1.82) is 0 Å². The monoisotopic (exact) mass is 342 g/mol. The van der Waals surface area contributed by atoms with E-state index in [2.05, 4.69) is 15.9 Å². The fraction of sp³-hybridized carbons (Fsp3) is 0.118. The van der Waals surface area contributed by atoms with Crippen LogP contribution in [0.2, 0.25) is 0 Å². The first-order chi connectivity index (χ1) is 10.1. The molecule has 0 spiro atoms. The van der Waals surface area contributed by atoms with Crippen molar-refractivity contribution < 1.29 is 4.79 Å². The molecular formula is C17H15BrN2O.